The van der Waals surface area contributed by atoms with Crippen molar-refractivity contribution in [2.24, 2.45) is 0 Å². The number of nitrogens with zero attached hydrogens (tertiary/aromatic N) is 2. The Labute approximate surface area is 169 Å². The van der Waals surface area contributed by atoms with Crippen molar-refractivity contribution >= 4 is 5.91 Å². The van der Waals surface area contributed by atoms with E-state index in [4.69, 9.17) is 9.84 Å². The highest BCUT2D eigenvalue weighted by Gasteiger charge is 2.17. The first-order chi connectivity index (χ1) is 14.2. The van der Waals surface area contributed by atoms with Gasteiger partial charge in [0.15, 0.2) is 0 Å². The quantitative estimate of drug-likeness (QED) is 0.653. The van der Waals surface area contributed by atoms with E-state index in [9.17, 15) is 9.18 Å². The van der Waals surface area contributed by atoms with Crippen molar-refractivity contribution in [3.63, 3.8) is 0 Å². The predicted octanol–water partition coefficient (Wildman–Crippen LogP) is 4.25. The minimum absolute atomic E-state index is 0.00184. The third-order valence-corrected chi connectivity index (χ3v) is 5.12. The molecule has 0 bridgehead atoms. The van der Waals surface area contributed by atoms with Gasteiger partial charge in [0.05, 0.1) is 17.5 Å². The molecule has 4 rings (SSSR count). The van der Waals surface area contributed by atoms with Crippen LogP contribution in [0.5, 0.6) is 0 Å². The molecule has 1 unspecified atom stereocenters. The molecule has 6 heteroatoms. The zero-order valence-corrected chi connectivity index (χ0v) is 16.2. The van der Waals surface area contributed by atoms with Gasteiger partial charge in [0, 0.05) is 36.9 Å². The van der Waals surface area contributed by atoms with Crippen molar-refractivity contribution in [1.29, 1.82) is 0 Å². The minimum Gasteiger partial charge on any atom is -0.378 e. The average molecular weight is 393 g/mol. The second-order valence-corrected chi connectivity index (χ2v) is 7.24. The number of aromatic nitrogens is 2. The van der Waals surface area contributed by atoms with Gasteiger partial charge < -0.3 is 10.1 Å². The lowest BCUT2D eigenvalue weighted by Crippen LogP contribution is -2.24. The summed E-state index contributed by atoms with van der Waals surface area (Å²) >= 11 is 0. The molecule has 150 valence electrons. The average Bonchev–Trinajstić information content (AvgIpc) is 3.42. The minimum atomic E-state index is -0.291. The first-order valence-corrected chi connectivity index (χ1v) is 9.97. The maximum absolute atomic E-state index is 13.3. The molecule has 1 atom stereocenters. The van der Waals surface area contributed by atoms with Gasteiger partial charge in [-0.2, -0.15) is 5.10 Å². The van der Waals surface area contributed by atoms with Gasteiger partial charge in [-0.15, -0.1) is 0 Å². The van der Waals surface area contributed by atoms with Crippen LogP contribution < -0.4 is 5.32 Å². The monoisotopic (exact) mass is 393 g/mol. The SMILES string of the molecule is O=C(CCC1CCCO1)NCc1cn(-c2ccccc2)nc1-c1ccc(F)cc1. The molecule has 1 aliphatic rings. The normalized spacial score (nSPS) is 16.1. The second kappa shape index (κ2) is 9.01. The highest BCUT2D eigenvalue weighted by atomic mass is 19.1. The third-order valence-electron chi connectivity index (χ3n) is 5.12. The van der Waals surface area contributed by atoms with E-state index in [2.05, 4.69) is 5.32 Å². The number of halogens is 1. The van der Waals surface area contributed by atoms with Crippen LogP contribution in [0.25, 0.3) is 16.9 Å². The number of benzene rings is 2. The molecule has 5 nitrogen and oxygen atoms in total. The number of rotatable bonds is 7. The van der Waals surface area contributed by atoms with Gasteiger partial charge in [-0.25, -0.2) is 9.07 Å². The maximum Gasteiger partial charge on any atom is 0.220 e. The summed E-state index contributed by atoms with van der Waals surface area (Å²) in [6.07, 6.45) is 5.42. The fourth-order valence-corrected chi connectivity index (χ4v) is 3.55. The first kappa shape index (κ1) is 19.3. The zero-order chi connectivity index (χ0) is 20.1. The highest BCUT2D eigenvalue weighted by Crippen LogP contribution is 2.24. The molecule has 3 aromatic rings. The number of para-hydroxylation sites is 1. The number of hydrogen-bond donors (Lipinski definition) is 1. The molecule has 1 saturated heterocycles. The number of hydrogen-bond acceptors (Lipinski definition) is 3. The lowest BCUT2D eigenvalue weighted by atomic mass is 10.1. The molecule has 1 aromatic heterocycles. The largest absolute Gasteiger partial charge is 0.378 e. The summed E-state index contributed by atoms with van der Waals surface area (Å²) in [4.78, 5) is 12.3. The van der Waals surface area contributed by atoms with Crippen molar-refractivity contribution in [2.45, 2.75) is 38.3 Å². The van der Waals surface area contributed by atoms with Gasteiger partial charge in [0.25, 0.3) is 0 Å². The summed E-state index contributed by atoms with van der Waals surface area (Å²) in [5, 5.41) is 7.68. The van der Waals surface area contributed by atoms with Crippen LogP contribution in [0, 0.1) is 5.82 Å². The summed E-state index contributed by atoms with van der Waals surface area (Å²) in [5.74, 6) is -0.293. The summed E-state index contributed by atoms with van der Waals surface area (Å²) in [6, 6.07) is 16.0. The van der Waals surface area contributed by atoms with Crippen molar-refractivity contribution < 1.29 is 13.9 Å². The zero-order valence-electron chi connectivity index (χ0n) is 16.2. The summed E-state index contributed by atoms with van der Waals surface area (Å²) < 4.78 is 20.7. The van der Waals surface area contributed by atoms with Crippen LogP contribution in [-0.2, 0) is 16.1 Å². The maximum atomic E-state index is 13.3. The summed E-state index contributed by atoms with van der Waals surface area (Å²) in [5.41, 5.74) is 3.34. The van der Waals surface area contributed by atoms with E-state index in [0.29, 0.717) is 13.0 Å². The highest BCUT2D eigenvalue weighted by molar-refractivity contribution is 5.76. The van der Waals surface area contributed by atoms with Gasteiger partial charge in [0.1, 0.15) is 5.82 Å². The Morgan fingerprint density at radius 2 is 1.97 bits per heavy atom. The van der Waals surface area contributed by atoms with Crippen molar-refractivity contribution in [2.75, 3.05) is 6.61 Å². The Bertz CT molecular complexity index is 948. The molecule has 1 aliphatic heterocycles. The van der Waals surface area contributed by atoms with E-state index < -0.39 is 0 Å². The Morgan fingerprint density at radius 3 is 2.69 bits per heavy atom. The van der Waals surface area contributed by atoms with Crippen LogP contribution in [0.4, 0.5) is 4.39 Å². The Morgan fingerprint density at radius 1 is 1.17 bits per heavy atom. The molecule has 0 aliphatic carbocycles. The number of carbonyl (C=O) groups excluding carboxylic acids is 1. The van der Waals surface area contributed by atoms with Gasteiger partial charge in [-0.3, -0.25) is 4.79 Å². The standard InChI is InChI=1S/C23H24FN3O2/c24-19-10-8-17(9-11-19)23-18(16-27(26-23)20-5-2-1-3-6-20)15-25-22(28)13-12-21-7-4-14-29-21/h1-3,5-6,8-11,16,21H,4,7,12-15H2,(H,25,28). The van der Waals surface area contributed by atoms with Crippen LogP contribution >= 0.6 is 0 Å². The molecule has 0 radical (unpaired) electrons. The number of ether oxygens (including phenoxy) is 1. The topological polar surface area (TPSA) is 56.1 Å². The van der Waals surface area contributed by atoms with Crippen molar-refractivity contribution in [3.05, 3.63) is 72.2 Å². The molecule has 1 amide bonds. The van der Waals surface area contributed by atoms with Gasteiger partial charge in [-0.05, 0) is 55.7 Å². The number of carbonyl (C=O) groups is 1. The van der Waals surface area contributed by atoms with Crippen LogP contribution in [0.15, 0.2) is 60.8 Å². The Kier molecular flexibility index (Phi) is 6.00. The van der Waals surface area contributed by atoms with E-state index in [1.807, 2.05) is 36.5 Å². The van der Waals surface area contributed by atoms with Crippen molar-refractivity contribution in [3.8, 4) is 16.9 Å². The molecule has 29 heavy (non-hydrogen) atoms. The lowest BCUT2D eigenvalue weighted by Gasteiger charge is -2.09. The van der Waals surface area contributed by atoms with Crippen LogP contribution in [0.1, 0.15) is 31.2 Å². The summed E-state index contributed by atoms with van der Waals surface area (Å²) in [6.45, 7) is 1.16. The lowest BCUT2D eigenvalue weighted by molar-refractivity contribution is -0.121. The van der Waals surface area contributed by atoms with Crippen LogP contribution in [-0.4, -0.2) is 28.4 Å². The molecular formula is C23H24FN3O2. The fourth-order valence-electron chi connectivity index (χ4n) is 3.55. The van der Waals surface area contributed by atoms with E-state index in [1.165, 1.54) is 12.1 Å². The molecule has 2 heterocycles. The van der Waals surface area contributed by atoms with E-state index in [1.54, 1.807) is 16.8 Å². The first-order valence-electron chi connectivity index (χ1n) is 9.97. The molecule has 0 saturated carbocycles. The van der Waals surface area contributed by atoms with Gasteiger partial charge in [-0.1, -0.05) is 18.2 Å². The predicted molar refractivity (Wildman–Crippen MR) is 109 cm³/mol. The Hall–Kier alpha value is -2.99. The molecule has 2 aromatic carbocycles. The summed E-state index contributed by atoms with van der Waals surface area (Å²) in [7, 11) is 0. The molecule has 1 fully saturated rings. The number of nitrogens with one attached hydrogen (secondary N) is 1. The van der Waals surface area contributed by atoms with Crippen molar-refractivity contribution in [1.82, 2.24) is 15.1 Å². The van der Waals surface area contributed by atoms with E-state index in [-0.39, 0.29) is 17.8 Å². The van der Waals surface area contributed by atoms with Gasteiger partial charge in [0.2, 0.25) is 5.91 Å². The Balaban J connectivity index is 1.50. The van der Waals surface area contributed by atoms with Crippen LogP contribution in [0.3, 0.4) is 0 Å². The van der Waals surface area contributed by atoms with E-state index in [0.717, 1.165) is 48.4 Å². The third kappa shape index (κ3) is 4.90. The molecule has 0 spiro atoms. The van der Waals surface area contributed by atoms with E-state index >= 15 is 0 Å². The van der Waals surface area contributed by atoms with Crippen LogP contribution in [0.2, 0.25) is 0 Å². The molecular weight excluding hydrogens is 369 g/mol. The molecule has 1 N–H and O–H groups in total. The number of amides is 1. The van der Waals surface area contributed by atoms with Gasteiger partial charge >= 0.3 is 0 Å². The fraction of sp³-hybridized carbons (Fsp3) is 0.304. The second-order valence-electron chi connectivity index (χ2n) is 7.24. The smallest absolute Gasteiger partial charge is 0.220 e.